The third-order valence-corrected chi connectivity index (χ3v) is 15.3. The van der Waals surface area contributed by atoms with Crippen molar-refractivity contribution in [2.75, 3.05) is 67.6 Å². The smallest absolute Gasteiger partial charge is 0.272 e. The summed E-state index contributed by atoms with van der Waals surface area (Å²) >= 11 is 0. The average Bonchev–Trinajstić information content (AvgIpc) is 3.87. The Morgan fingerprint density at radius 3 is 1.28 bits per heavy atom. The van der Waals surface area contributed by atoms with Crippen LogP contribution in [-0.2, 0) is 48.5 Å². The highest BCUT2D eigenvalue weighted by Crippen LogP contribution is 2.53. The zero-order valence-electron chi connectivity index (χ0n) is 38.1. The molecule has 2 spiro atoms. The van der Waals surface area contributed by atoms with E-state index in [9.17, 15) is 17.6 Å². The Labute approximate surface area is 357 Å². The third-order valence-electron chi connectivity index (χ3n) is 15.3. The lowest BCUT2D eigenvalue weighted by Crippen LogP contribution is -2.42. The number of alkyl halides is 4. The van der Waals surface area contributed by atoms with Gasteiger partial charge in [0.15, 0.2) is 0 Å². The highest BCUT2D eigenvalue weighted by Gasteiger charge is 2.48. The zero-order chi connectivity index (χ0) is 43.1. The van der Waals surface area contributed by atoms with Crippen molar-refractivity contribution in [3.05, 3.63) is 33.9 Å². The minimum absolute atomic E-state index is 0.00809. The van der Waals surface area contributed by atoms with E-state index in [2.05, 4.69) is 72.4 Å². The van der Waals surface area contributed by atoms with Gasteiger partial charge in [0.25, 0.3) is 11.8 Å². The molecule has 0 bridgehead atoms. The van der Waals surface area contributed by atoms with Gasteiger partial charge in [0.1, 0.15) is 13.1 Å². The maximum atomic E-state index is 14.1. The summed E-state index contributed by atoms with van der Waals surface area (Å²) in [4.78, 5) is 4.47. The lowest BCUT2D eigenvalue weighted by atomic mass is 9.65. The molecule has 2 aromatic heterocycles. The minimum atomic E-state index is -2.66. The molecule has 0 atom stereocenters. The van der Waals surface area contributed by atoms with Crippen LogP contribution in [0.5, 0.6) is 0 Å². The third kappa shape index (κ3) is 10.6. The Bertz CT molecular complexity index is 1610. The summed E-state index contributed by atoms with van der Waals surface area (Å²) in [5.41, 5.74) is 6.44. The molecule has 340 valence electrons. The molecule has 6 heterocycles. The summed E-state index contributed by atoms with van der Waals surface area (Å²) in [6, 6.07) is 0. The summed E-state index contributed by atoms with van der Waals surface area (Å²) < 4.78 is 72.1. The molecule has 10 nitrogen and oxygen atoms in total. The number of likely N-dealkylation sites (N-methyl/N-ethyl adjacent to an activating group) is 4. The number of nitrogens with one attached hydrogen (secondary N) is 2. The number of ether oxygens (including phenoxy) is 2. The van der Waals surface area contributed by atoms with Crippen molar-refractivity contribution < 1.29 is 27.0 Å². The number of fused-ring (bicyclic) bond motifs is 2. The molecule has 4 fully saturated rings. The molecule has 0 radical (unpaired) electrons. The first kappa shape index (κ1) is 45.9. The lowest BCUT2D eigenvalue weighted by Gasteiger charge is -2.47. The second kappa shape index (κ2) is 17.8. The molecule has 14 heteroatoms. The van der Waals surface area contributed by atoms with E-state index in [1.165, 1.54) is 12.8 Å². The molecule has 0 unspecified atom stereocenters. The van der Waals surface area contributed by atoms with Gasteiger partial charge in [0.2, 0.25) is 0 Å². The summed E-state index contributed by atoms with van der Waals surface area (Å²) in [6.07, 6.45) is 13.1. The van der Waals surface area contributed by atoms with E-state index in [0.717, 1.165) is 151 Å². The normalized spacial score (nSPS) is 28.6. The molecule has 0 amide bonds. The Hall–Kier alpha value is -2.10. The summed E-state index contributed by atoms with van der Waals surface area (Å²) in [5.74, 6) is -4.63. The molecule has 4 aliphatic heterocycles. The van der Waals surface area contributed by atoms with E-state index < -0.39 is 11.8 Å². The predicted octanol–water partition coefficient (Wildman–Crippen LogP) is 7.92. The van der Waals surface area contributed by atoms with Crippen molar-refractivity contribution in [1.29, 1.82) is 0 Å². The van der Waals surface area contributed by atoms with Gasteiger partial charge in [-0.15, -0.1) is 0 Å². The maximum absolute atomic E-state index is 14.1. The van der Waals surface area contributed by atoms with Crippen LogP contribution in [0.25, 0.3) is 0 Å². The van der Waals surface area contributed by atoms with E-state index >= 15 is 0 Å². The Balaban J connectivity index is 0.000000181. The van der Waals surface area contributed by atoms with E-state index in [-0.39, 0.29) is 48.0 Å². The first-order valence-corrected chi connectivity index (χ1v) is 23.1. The van der Waals surface area contributed by atoms with Gasteiger partial charge in [-0.05, 0) is 156 Å². The van der Waals surface area contributed by atoms with Gasteiger partial charge in [-0.1, -0.05) is 0 Å². The van der Waals surface area contributed by atoms with Gasteiger partial charge in [0.05, 0.1) is 48.6 Å². The van der Waals surface area contributed by atoms with Crippen LogP contribution in [0.15, 0.2) is 0 Å². The van der Waals surface area contributed by atoms with Gasteiger partial charge < -0.3 is 20.1 Å². The van der Waals surface area contributed by atoms with Crippen LogP contribution in [-0.4, -0.2) is 120 Å². The fraction of sp³-hybridized carbons (Fsp3) is 0.870. The molecule has 0 aromatic carbocycles. The van der Waals surface area contributed by atoms with Crippen LogP contribution in [0.1, 0.15) is 150 Å². The summed E-state index contributed by atoms with van der Waals surface area (Å²) in [6.45, 7) is 14.9. The second-order valence-electron chi connectivity index (χ2n) is 21.3. The molecule has 8 rings (SSSR count). The van der Waals surface area contributed by atoms with Crippen LogP contribution in [0, 0.1) is 10.8 Å². The Morgan fingerprint density at radius 1 is 0.600 bits per heavy atom. The van der Waals surface area contributed by atoms with Crippen molar-refractivity contribution >= 4 is 0 Å². The van der Waals surface area contributed by atoms with Crippen LogP contribution in [0.2, 0.25) is 0 Å². The Kier molecular flexibility index (Phi) is 13.6. The van der Waals surface area contributed by atoms with Gasteiger partial charge >= 0.3 is 0 Å². The fourth-order valence-corrected chi connectivity index (χ4v) is 11.2. The van der Waals surface area contributed by atoms with Crippen LogP contribution < -0.4 is 10.6 Å². The molecule has 2 saturated carbocycles. The van der Waals surface area contributed by atoms with Crippen molar-refractivity contribution in [2.24, 2.45) is 10.8 Å². The van der Waals surface area contributed by atoms with Crippen molar-refractivity contribution in [1.82, 2.24) is 40.0 Å². The van der Waals surface area contributed by atoms with Crippen LogP contribution >= 0.6 is 0 Å². The molecule has 2 saturated heterocycles. The molecule has 6 aliphatic rings. The van der Waals surface area contributed by atoms with E-state index in [1.54, 1.807) is 9.36 Å². The number of nitrogens with zero attached hydrogens (tertiary/aromatic N) is 6. The number of hydrogen-bond donors (Lipinski definition) is 2. The van der Waals surface area contributed by atoms with E-state index in [4.69, 9.17) is 9.47 Å². The van der Waals surface area contributed by atoms with Gasteiger partial charge in [-0.2, -0.15) is 10.2 Å². The van der Waals surface area contributed by atoms with Gasteiger partial charge in [-0.3, -0.25) is 19.2 Å². The van der Waals surface area contributed by atoms with Crippen molar-refractivity contribution in [3.8, 4) is 0 Å². The zero-order valence-corrected chi connectivity index (χ0v) is 38.1. The molecule has 2 aliphatic carbocycles. The molecule has 60 heavy (non-hydrogen) atoms. The van der Waals surface area contributed by atoms with E-state index in [1.807, 2.05) is 14.1 Å². The topological polar surface area (TPSA) is 84.6 Å². The Morgan fingerprint density at radius 2 is 0.967 bits per heavy atom. The standard InChI is InChI=1S/2C23H38F2N4O/c2*1-21(2)9-10-22(16-30-21)7-5-17(6-8-22)20-18(14-28(4)12-11-26-3)27-29-15-23(24,25)13-19(20)29/h2*17,26H,5-16H2,1-4H3. The van der Waals surface area contributed by atoms with Gasteiger partial charge in [-0.25, -0.2) is 17.6 Å². The van der Waals surface area contributed by atoms with Crippen molar-refractivity contribution in [2.45, 2.75) is 179 Å². The largest absolute Gasteiger partial charge is 0.375 e. The highest BCUT2D eigenvalue weighted by molar-refractivity contribution is 5.35. The highest BCUT2D eigenvalue weighted by atomic mass is 19.3. The average molecular weight is 849 g/mol. The quantitative estimate of drug-likeness (QED) is 0.209. The first-order chi connectivity index (χ1) is 28.2. The lowest BCUT2D eigenvalue weighted by molar-refractivity contribution is -0.125. The summed E-state index contributed by atoms with van der Waals surface area (Å²) in [7, 11) is 8.05. The van der Waals surface area contributed by atoms with E-state index in [0.29, 0.717) is 11.8 Å². The number of halogens is 4. The number of rotatable bonds is 12. The molecule has 2 aromatic rings. The van der Waals surface area contributed by atoms with Crippen molar-refractivity contribution in [3.63, 3.8) is 0 Å². The molecular formula is C46H76F4N8O2. The SMILES string of the molecule is CNCCN(C)Cc1nn2c(c1C1CCC3(CC1)CCC(C)(C)OC3)CC(F)(F)C2.CNCCN(C)Cc1nn2c(c1C1CCC3(CC1)CCC(C)(C)OC3)CC(F)(F)C2. The number of aromatic nitrogens is 4. The molecule has 2 N–H and O–H groups in total. The first-order valence-electron chi connectivity index (χ1n) is 23.1. The number of hydrogen-bond acceptors (Lipinski definition) is 8. The predicted molar refractivity (Wildman–Crippen MR) is 228 cm³/mol. The minimum Gasteiger partial charge on any atom is -0.375 e. The van der Waals surface area contributed by atoms with Crippen LogP contribution in [0.3, 0.4) is 0 Å². The monoisotopic (exact) mass is 849 g/mol. The maximum Gasteiger partial charge on any atom is 0.272 e. The second-order valence-corrected chi connectivity index (χ2v) is 21.3. The van der Waals surface area contributed by atoms with Gasteiger partial charge in [0, 0.05) is 61.8 Å². The summed E-state index contributed by atoms with van der Waals surface area (Å²) in [5, 5.41) is 15.7. The fourth-order valence-electron chi connectivity index (χ4n) is 11.2. The van der Waals surface area contributed by atoms with Crippen LogP contribution in [0.4, 0.5) is 17.6 Å². The molecular weight excluding hydrogens is 773 g/mol.